The smallest absolute Gasteiger partial charge is 0.411 e. The molecule has 6 heteroatoms. The van der Waals surface area contributed by atoms with Crippen LogP contribution in [0.4, 0.5) is 13.2 Å². The molecule has 1 aromatic carbocycles. The lowest BCUT2D eigenvalue weighted by molar-refractivity contribution is -0.141. The van der Waals surface area contributed by atoms with Crippen LogP contribution in [0.15, 0.2) is 47.8 Å². The number of aromatic nitrogens is 1. The Labute approximate surface area is 126 Å². The summed E-state index contributed by atoms with van der Waals surface area (Å²) in [5.74, 6) is 0. The number of benzene rings is 1. The van der Waals surface area contributed by atoms with Gasteiger partial charge in [-0.2, -0.15) is 13.2 Å². The molecule has 116 valence electrons. The van der Waals surface area contributed by atoms with Crippen LogP contribution < -0.4 is 0 Å². The quantitative estimate of drug-likeness (QED) is 0.522. The number of aryl methyl sites for hydroxylation is 2. The Morgan fingerprint density at radius 1 is 1.23 bits per heavy atom. The fourth-order valence-electron chi connectivity index (χ4n) is 2.16. The van der Waals surface area contributed by atoms with Crippen molar-refractivity contribution in [2.75, 3.05) is 0 Å². The summed E-state index contributed by atoms with van der Waals surface area (Å²) in [6.45, 7) is 1.96. The summed E-state index contributed by atoms with van der Waals surface area (Å²) in [6, 6.07) is 10.0. The van der Waals surface area contributed by atoms with Gasteiger partial charge in [0.15, 0.2) is 0 Å². The van der Waals surface area contributed by atoms with Gasteiger partial charge in [-0.15, -0.1) is 0 Å². The van der Waals surface area contributed by atoms with Gasteiger partial charge in [0.05, 0.1) is 5.71 Å². The first kappa shape index (κ1) is 16.0. The molecule has 0 bridgehead atoms. The normalized spacial score (nSPS) is 12.5. The van der Waals surface area contributed by atoms with Crippen molar-refractivity contribution in [3.05, 3.63) is 65.0 Å². The molecule has 0 aliphatic carbocycles. The molecule has 3 nitrogen and oxygen atoms in total. The standard InChI is InChI=1S/C16H15F3N2O/c1-11-4-2-3-5-12(11)6-7-14(21-22)13-8-9-20-15(10-13)16(17,18)19/h2-5,8-10,22H,6-7H2,1H3/b21-14+. The van der Waals surface area contributed by atoms with Crippen LogP contribution in [0.5, 0.6) is 0 Å². The van der Waals surface area contributed by atoms with Crippen molar-refractivity contribution in [3.63, 3.8) is 0 Å². The fraction of sp³-hybridized carbons (Fsp3) is 0.250. The van der Waals surface area contributed by atoms with Gasteiger partial charge in [0.25, 0.3) is 0 Å². The number of oxime groups is 1. The number of nitrogens with zero attached hydrogens (tertiary/aromatic N) is 2. The van der Waals surface area contributed by atoms with Crippen molar-refractivity contribution >= 4 is 5.71 Å². The molecule has 0 saturated heterocycles. The van der Waals surface area contributed by atoms with Gasteiger partial charge in [0.2, 0.25) is 0 Å². The van der Waals surface area contributed by atoms with Crippen LogP contribution in [-0.4, -0.2) is 15.9 Å². The van der Waals surface area contributed by atoms with Crippen LogP contribution in [0.1, 0.15) is 28.8 Å². The highest BCUT2D eigenvalue weighted by Gasteiger charge is 2.32. The van der Waals surface area contributed by atoms with E-state index in [1.54, 1.807) is 0 Å². The molecule has 22 heavy (non-hydrogen) atoms. The maximum absolute atomic E-state index is 12.7. The Bertz CT molecular complexity index is 681. The maximum atomic E-state index is 12.7. The largest absolute Gasteiger partial charge is 0.433 e. The van der Waals surface area contributed by atoms with Gasteiger partial charge in [-0.1, -0.05) is 29.4 Å². The minimum atomic E-state index is -4.52. The zero-order chi connectivity index (χ0) is 16.2. The maximum Gasteiger partial charge on any atom is 0.433 e. The zero-order valence-corrected chi connectivity index (χ0v) is 11.9. The van der Waals surface area contributed by atoms with Gasteiger partial charge < -0.3 is 5.21 Å². The van der Waals surface area contributed by atoms with Gasteiger partial charge in [-0.25, -0.2) is 0 Å². The first-order valence-corrected chi connectivity index (χ1v) is 6.71. The Balaban J connectivity index is 2.18. The number of hydrogen-bond acceptors (Lipinski definition) is 3. The Morgan fingerprint density at radius 2 is 1.95 bits per heavy atom. The molecule has 0 saturated carbocycles. The zero-order valence-electron chi connectivity index (χ0n) is 11.9. The summed E-state index contributed by atoms with van der Waals surface area (Å²) < 4.78 is 38.0. The fourth-order valence-corrected chi connectivity index (χ4v) is 2.16. The molecule has 0 aliphatic rings. The van der Waals surface area contributed by atoms with Crippen molar-refractivity contribution in [3.8, 4) is 0 Å². The first-order valence-electron chi connectivity index (χ1n) is 6.71. The molecule has 0 aliphatic heterocycles. The lowest BCUT2D eigenvalue weighted by Gasteiger charge is -2.10. The lowest BCUT2D eigenvalue weighted by Crippen LogP contribution is -2.11. The molecule has 0 amide bonds. The number of pyridine rings is 1. The summed E-state index contributed by atoms with van der Waals surface area (Å²) in [6.07, 6.45) is -2.54. The van der Waals surface area contributed by atoms with E-state index in [1.165, 1.54) is 6.07 Å². The third-order valence-electron chi connectivity index (χ3n) is 3.40. The van der Waals surface area contributed by atoms with Crippen LogP contribution in [0, 0.1) is 6.92 Å². The van der Waals surface area contributed by atoms with Crippen LogP contribution in [-0.2, 0) is 12.6 Å². The van der Waals surface area contributed by atoms with Crippen LogP contribution in [0.3, 0.4) is 0 Å². The summed E-state index contributed by atoms with van der Waals surface area (Å²) in [5.41, 5.74) is 1.58. The van der Waals surface area contributed by atoms with Crippen LogP contribution in [0.25, 0.3) is 0 Å². The van der Waals surface area contributed by atoms with E-state index >= 15 is 0 Å². The first-order chi connectivity index (χ1) is 10.4. The lowest BCUT2D eigenvalue weighted by atomic mass is 9.99. The van der Waals surface area contributed by atoms with Gasteiger partial charge in [0, 0.05) is 11.8 Å². The average molecular weight is 308 g/mol. The van der Waals surface area contributed by atoms with E-state index in [0.29, 0.717) is 12.8 Å². The number of halogens is 3. The van der Waals surface area contributed by atoms with E-state index in [4.69, 9.17) is 5.21 Å². The van der Waals surface area contributed by atoms with E-state index in [0.717, 1.165) is 23.4 Å². The second-order valence-corrected chi connectivity index (χ2v) is 4.90. The van der Waals surface area contributed by atoms with Gasteiger partial charge in [-0.3, -0.25) is 4.98 Å². The third-order valence-corrected chi connectivity index (χ3v) is 3.40. The van der Waals surface area contributed by atoms with E-state index in [1.807, 2.05) is 31.2 Å². The van der Waals surface area contributed by atoms with Crippen molar-refractivity contribution in [1.82, 2.24) is 4.98 Å². The highest BCUT2D eigenvalue weighted by Crippen LogP contribution is 2.28. The van der Waals surface area contributed by atoms with Crippen LogP contribution in [0.2, 0.25) is 0 Å². The van der Waals surface area contributed by atoms with Crippen molar-refractivity contribution in [2.45, 2.75) is 25.9 Å². The Hall–Kier alpha value is -2.37. The molecule has 0 radical (unpaired) electrons. The second kappa shape index (κ2) is 6.60. The molecule has 1 heterocycles. The van der Waals surface area contributed by atoms with Gasteiger partial charge in [0.1, 0.15) is 5.69 Å². The highest BCUT2D eigenvalue weighted by atomic mass is 19.4. The molecular weight excluding hydrogens is 293 g/mol. The minimum Gasteiger partial charge on any atom is -0.411 e. The number of hydrogen-bond donors (Lipinski definition) is 1. The Kier molecular flexibility index (Phi) is 4.80. The van der Waals surface area contributed by atoms with Crippen LogP contribution >= 0.6 is 0 Å². The van der Waals surface area contributed by atoms with E-state index in [-0.39, 0.29) is 11.3 Å². The summed E-state index contributed by atoms with van der Waals surface area (Å²) in [4.78, 5) is 3.30. The predicted octanol–water partition coefficient (Wildman–Crippen LogP) is 4.22. The summed E-state index contributed by atoms with van der Waals surface area (Å²) in [5, 5.41) is 12.3. The number of alkyl halides is 3. The molecule has 0 unspecified atom stereocenters. The molecule has 2 rings (SSSR count). The minimum absolute atomic E-state index is 0.205. The average Bonchev–Trinajstić information content (AvgIpc) is 2.49. The molecule has 1 aromatic heterocycles. The van der Waals surface area contributed by atoms with E-state index in [9.17, 15) is 13.2 Å². The molecular formula is C16H15F3N2O. The topological polar surface area (TPSA) is 45.5 Å². The second-order valence-electron chi connectivity index (χ2n) is 4.90. The third kappa shape index (κ3) is 3.84. The summed E-state index contributed by atoms with van der Waals surface area (Å²) in [7, 11) is 0. The molecule has 2 aromatic rings. The molecule has 1 N–H and O–H groups in total. The van der Waals surface area contributed by atoms with Gasteiger partial charge >= 0.3 is 6.18 Å². The highest BCUT2D eigenvalue weighted by molar-refractivity contribution is 6.00. The number of rotatable bonds is 4. The van der Waals surface area contributed by atoms with E-state index in [2.05, 4.69) is 10.1 Å². The van der Waals surface area contributed by atoms with Gasteiger partial charge in [-0.05, 0) is 43.0 Å². The molecule has 0 spiro atoms. The monoisotopic (exact) mass is 308 g/mol. The van der Waals surface area contributed by atoms with Crippen molar-refractivity contribution in [2.24, 2.45) is 5.16 Å². The SMILES string of the molecule is Cc1ccccc1CC/C(=N\O)c1ccnc(C(F)(F)F)c1. The predicted molar refractivity (Wildman–Crippen MR) is 77.1 cm³/mol. The molecule has 0 atom stereocenters. The summed E-state index contributed by atoms with van der Waals surface area (Å²) >= 11 is 0. The van der Waals surface area contributed by atoms with Crippen molar-refractivity contribution < 1.29 is 18.4 Å². The van der Waals surface area contributed by atoms with Crippen molar-refractivity contribution in [1.29, 1.82) is 0 Å². The van der Waals surface area contributed by atoms with E-state index < -0.39 is 11.9 Å². The molecule has 0 fully saturated rings. The Morgan fingerprint density at radius 3 is 2.59 bits per heavy atom.